The maximum atomic E-state index is 12.4. The van der Waals surface area contributed by atoms with Gasteiger partial charge >= 0.3 is 0 Å². The first-order valence-electron chi connectivity index (χ1n) is 6.68. The van der Waals surface area contributed by atoms with Gasteiger partial charge in [-0.1, -0.05) is 12.1 Å². The summed E-state index contributed by atoms with van der Waals surface area (Å²) in [4.78, 5) is 56.8. The molecule has 1 heterocycles. The lowest BCUT2D eigenvalue weighted by molar-refractivity contribution is -0.385. The smallest absolute Gasteiger partial charge is 0.282 e. The van der Waals surface area contributed by atoms with Crippen LogP contribution in [0.4, 0.5) is 5.69 Å². The van der Waals surface area contributed by atoms with Gasteiger partial charge in [0.05, 0.1) is 4.92 Å². The number of hydrogen-bond donors (Lipinski definition) is 2. The average molecular weight is 319 g/mol. The summed E-state index contributed by atoms with van der Waals surface area (Å²) in [5, 5.41) is 15.5. The van der Waals surface area contributed by atoms with Crippen molar-refractivity contribution < 1.29 is 24.1 Å². The zero-order valence-corrected chi connectivity index (χ0v) is 12.1. The predicted octanol–water partition coefficient (Wildman–Crippen LogP) is 0.332. The molecule has 0 aromatic heterocycles. The second kappa shape index (κ2) is 5.95. The third-order valence-corrected chi connectivity index (χ3v) is 3.62. The highest BCUT2D eigenvalue weighted by Crippen LogP contribution is 2.24. The topological polar surface area (TPSA) is 135 Å². The maximum absolute atomic E-state index is 12.4. The first-order valence-corrected chi connectivity index (χ1v) is 6.68. The van der Waals surface area contributed by atoms with E-state index in [0.717, 1.165) is 6.07 Å². The van der Waals surface area contributed by atoms with Gasteiger partial charge in [-0.15, -0.1) is 0 Å². The summed E-state index contributed by atoms with van der Waals surface area (Å²) in [5.41, 5.74) is -2.51. The minimum absolute atomic E-state index is 0.0277. The number of nitrogens with one attached hydrogen (secondary N) is 2. The van der Waals surface area contributed by atoms with Crippen LogP contribution in [0, 0.1) is 10.1 Å². The van der Waals surface area contributed by atoms with Crippen molar-refractivity contribution in [3.63, 3.8) is 0 Å². The number of nitrogens with zero attached hydrogens (tertiary/aromatic N) is 1. The van der Waals surface area contributed by atoms with Gasteiger partial charge in [0.15, 0.2) is 6.29 Å². The Morgan fingerprint density at radius 2 is 2.13 bits per heavy atom. The van der Waals surface area contributed by atoms with Gasteiger partial charge in [0.1, 0.15) is 11.1 Å². The minimum atomic E-state index is -1.39. The zero-order chi connectivity index (χ0) is 17.2. The predicted molar refractivity (Wildman–Crippen MR) is 76.7 cm³/mol. The molecule has 1 aromatic rings. The van der Waals surface area contributed by atoms with Crippen LogP contribution in [0.2, 0.25) is 0 Å². The lowest BCUT2D eigenvalue weighted by Crippen LogP contribution is -2.61. The molecule has 1 aliphatic rings. The van der Waals surface area contributed by atoms with E-state index in [0.29, 0.717) is 6.29 Å². The van der Waals surface area contributed by atoms with Crippen molar-refractivity contribution in [2.75, 3.05) is 0 Å². The first kappa shape index (κ1) is 16.3. The molecule has 0 unspecified atom stereocenters. The number of aldehydes is 1. The van der Waals surface area contributed by atoms with Gasteiger partial charge in [-0.05, 0) is 13.3 Å². The summed E-state index contributed by atoms with van der Waals surface area (Å²) in [7, 11) is 0. The van der Waals surface area contributed by atoms with Gasteiger partial charge in [0.25, 0.3) is 17.5 Å². The number of nitro benzene ring substituents is 1. The molecule has 1 fully saturated rings. The summed E-state index contributed by atoms with van der Waals surface area (Å²) >= 11 is 0. The number of imide groups is 1. The highest BCUT2D eigenvalue weighted by atomic mass is 16.6. The number of hydrogen-bond acceptors (Lipinski definition) is 6. The Balaban J connectivity index is 2.38. The van der Waals surface area contributed by atoms with Gasteiger partial charge in [0.2, 0.25) is 5.91 Å². The lowest BCUT2D eigenvalue weighted by atomic mass is 9.90. The molecule has 2 N–H and O–H groups in total. The second-order valence-electron chi connectivity index (χ2n) is 5.28. The van der Waals surface area contributed by atoms with Crippen LogP contribution in [-0.2, 0) is 9.59 Å². The molecule has 23 heavy (non-hydrogen) atoms. The Morgan fingerprint density at radius 1 is 1.43 bits per heavy atom. The molecule has 1 atom stereocenters. The van der Waals surface area contributed by atoms with Crippen molar-refractivity contribution in [3.05, 3.63) is 39.4 Å². The number of piperidine rings is 1. The summed E-state index contributed by atoms with van der Waals surface area (Å²) < 4.78 is 0. The lowest BCUT2D eigenvalue weighted by Gasteiger charge is -2.32. The van der Waals surface area contributed by atoms with Gasteiger partial charge in [-0.2, -0.15) is 0 Å². The molecule has 0 saturated carbocycles. The molecule has 1 aromatic carbocycles. The van der Waals surface area contributed by atoms with Gasteiger partial charge in [-0.25, -0.2) is 0 Å². The van der Waals surface area contributed by atoms with Crippen LogP contribution >= 0.6 is 0 Å². The monoisotopic (exact) mass is 319 g/mol. The van der Waals surface area contributed by atoms with Crippen LogP contribution in [0.15, 0.2) is 18.2 Å². The van der Waals surface area contributed by atoms with E-state index in [1.54, 1.807) is 0 Å². The van der Waals surface area contributed by atoms with Crippen LogP contribution in [0.5, 0.6) is 0 Å². The largest absolute Gasteiger partial charge is 0.338 e. The second-order valence-corrected chi connectivity index (χ2v) is 5.28. The molecule has 0 spiro atoms. The van der Waals surface area contributed by atoms with Crippen LogP contribution in [-0.4, -0.2) is 34.5 Å². The van der Waals surface area contributed by atoms with E-state index in [-0.39, 0.29) is 18.4 Å². The van der Waals surface area contributed by atoms with Crippen molar-refractivity contribution in [2.45, 2.75) is 25.3 Å². The Bertz CT molecular complexity index is 729. The highest BCUT2D eigenvalue weighted by molar-refractivity contribution is 6.09. The molecule has 0 aliphatic carbocycles. The average Bonchev–Trinajstić information content (AvgIpc) is 2.50. The summed E-state index contributed by atoms with van der Waals surface area (Å²) in [5.74, 6) is -2.08. The van der Waals surface area contributed by atoms with E-state index >= 15 is 0 Å². The standard InChI is InChI=1S/C14H13N3O6/c1-14(6-5-10(19)15-13(14)21)16-12(20)11-8(7-18)3-2-4-9(11)17(22)23/h2-4,7H,5-6H2,1H3,(H,16,20)(H,15,19,21)/t14-/m1/s1. The van der Waals surface area contributed by atoms with Gasteiger partial charge < -0.3 is 5.32 Å². The van der Waals surface area contributed by atoms with E-state index in [1.165, 1.54) is 19.1 Å². The Kier molecular flexibility index (Phi) is 4.21. The van der Waals surface area contributed by atoms with Crippen LogP contribution < -0.4 is 10.6 Å². The van der Waals surface area contributed by atoms with Gasteiger partial charge in [-0.3, -0.25) is 34.6 Å². The van der Waals surface area contributed by atoms with Crippen LogP contribution in [0.1, 0.15) is 40.5 Å². The van der Waals surface area contributed by atoms with E-state index < -0.39 is 39.4 Å². The molecular formula is C14H13N3O6. The van der Waals surface area contributed by atoms with E-state index in [1.807, 2.05) is 0 Å². The third-order valence-electron chi connectivity index (χ3n) is 3.62. The van der Waals surface area contributed by atoms with Crippen LogP contribution in [0.25, 0.3) is 0 Å². The van der Waals surface area contributed by atoms with Crippen molar-refractivity contribution in [3.8, 4) is 0 Å². The van der Waals surface area contributed by atoms with Crippen molar-refractivity contribution in [1.82, 2.24) is 10.6 Å². The molecule has 9 nitrogen and oxygen atoms in total. The summed E-state index contributed by atoms with van der Waals surface area (Å²) in [6.07, 6.45) is 0.412. The fraction of sp³-hybridized carbons (Fsp3) is 0.286. The fourth-order valence-electron chi connectivity index (χ4n) is 2.29. The molecule has 1 aliphatic heterocycles. The first-order chi connectivity index (χ1) is 10.8. The van der Waals surface area contributed by atoms with E-state index in [2.05, 4.69) is 10.6 Å². The third kappa shape index (κ3) is 3.07. The normalized spacial score (nSPS) is 20.6. The molecule has 1 saturated heterocycles. The van der Waals surface area contributed by atoms with Gasteiger partial charge in [0, 0.05) is 18.1 Å². The number of nitro groups is 1. The molecule has 120 valence electrons. The zero-order valence-electron chi connectivity index (χ0n) is 12.1. The number of amides is 3. The number of benzene rings is 1. The SMILES string of the molecule is C[C@@]1(NC(=O)c2c(C=O)cccc2[N+](=O)[O-])CCC(=O)NC1=O. The molecule has 0 radical (unpaired) electrons. The van der Waals surface area contributed by atoms with E-state index in [9.17, 15) is 29.3 Å². The van der Waals surface area contributed by atoms with E-state index in [4.69, 9.17) is 0 Å². The fourth-order valence-corrected chi connectivity index (χ4v) is 2.29. The molecule has 3 amide bonds. The Morgan fingerprint density at radius 3 is 2.70 bits per heavy atom. The molecule has 2 rings (SSSR count). The highest BCUT2D eigenvalue weighted by Gasteiger charge is 2.41. The number of carbonyl (C=O) groups is 4. The Hall–Kier alpha value is -3.10. The quantitative estimate of drug-likeness (QED) is 0.355. The summed E-state index contributed by atoms with van der Waals surface area (Å²) in [6, 6.07) is 3.64. The molecular weight excluding hydrogens is 306 g/mol. The molecule has 9 heteroatoms. The minimum Gasteiger partial charge on any atom is -0.338 e. The maximum Gasteiger partial charge on any atom is 0.282 e. The number of rotatable bonds is 4. The number of carbonyl (C=O) groups excluding carboxylic acids is 4. The van der Waals surface area contributed by atoms with Crippen molar-refractivity contribution in [1.29, 1.82) is 0 Å². The summed E-state index contributed by atoms with van der Waals surface area (Å²) in [6.45, 7) is 1.40. The molecule has 0 bridgehead atoms. The van der Waals surface area contributed by atoms with Crippen molar-refractivity contribution >= 4 is 29.7 Å². The van der Waals surface area contributed by atoms with Crippen molar-refractivity contribution in [2.24, 2.45) is 0 Å². The van der Waals surface area contributed by atoms with Crippen LogP contribution in [0.3, 0.4) is 0 Å². The Labute approximate surface area is 130 Å².